The first kappa shape index (κ1) is 35.0. The van der Waals surface area contributed by atoms with Crippen LogP contribution in [-0.2, 0) is 21.7 Å². The summed E-state index contributed by atoms with van der Waals surface area (Å²) in [4.78, 5) is 15.2. The van der Waals surface area contributed by atoms with Gasteiger partial charge in [-0.2, -0.15) is 0 Å². The summed E-state index contributed by atoms with van der Waals surface area (Å²) in [7, 11) is 0. The second-order valence-corrected chi connectivity index (χ2v) is 19.4. The first-order chi connectivity index (χ1) is 24.7. The van der Waals surface area contributed by atoms with E-state index in [2.05, 4.69) is 185 Å². The highest BCUT2D eigenvalue weighted by atomic mass is 14.8. The van der Waals surface area contributed by atoms with Crippen molar-refractivity contribution in [1.29, 1.82) is 0 Å². The first-order valence-electron chi connectivity index (χ1n) is 19.2. The molecular formula is C50H53N3. The van der Waals surface area contributed by atoms with Crippen LogP contribution in [0.15, 0.2) is 97.1 Å². The van der Waals surface area contributed by atoms with Crippen LogP contribution < -0.4 is 0 Å². The molecule has 0 aliphatic carbocycles. The van der Waals surface area contributed by atoms with Crippen LogP contribution in [0.4, 0.5) is 0 Å². The van der Waals surface area contributed by atoms with Crippen molar-refractivity contribution in [3.63, 3.8) is 0 Å². The van der Waals surface area contributed by atoms with Gasteiger partial charge in [-0.05, 0) is 122 Å². The smallest absolute Gasteiger partial charge is 0.0736 e. The van der Waals surface area contributed by atoms with Crippen LogP contribution in [0.5, 0.6) is 0 Å². The molecule has 53 heavy (non-hydrogen) atoms. The van der Waals surface area contributed by atoms with E-state index in [1.165, 1.54) is 38.6 Å². The molecule has 1 aliphatic heterocycles. The molecule has 3 heteroatoms. The van der Waals surface area contributed by atoms with E-state index in [0.29, 0.717) is 0 Å². The molecule has 1 N–H and O–H groups in total. The average Bonchev–Trinajstić information content (AvgIpc) is 3.47. The zero-order valence-electron chi connectivity index (χ0n) is 33.6. The summed E-state index contributed by atoms with van der Waals surface area (Å²) in [5.74, 6) is 0. The van der Waals surface area contributed by atoms with Crippen molar-refractivity contribution in [1.82, 2.24) is 15.0 Å². The van der Waals surface area contributed by atoms with Crippen molar-refractivity contribution in [2.75, 3.05) is 0 Å². The molecule has 8 rings (SSSR count). The van der Waals surface area contributed by atoms with Crippen molar-refractivity contribution in [2.45, 2.75) is 105 Å². The molecule has 4 aromatic carbocycles. The Morgan fingerprint density at radius 3 is 1.25 bits per heavy atom. The zero-order chi connectivity index (χ0) is 37.8. The molecule has 0 saturated carbocycles. The highest BCUT2D eigenvalue weighted by Gasteiger charge is 2.27. The van der Waals surface area contributed by atoms with Crippen molar-refractivity contribution in [2.24, 2.45) is 0 Å². The molecule has 268 valence electrons. The summed E-state index contributed by atoms with van der Waals surface area (Å²) in [5, 5.41) is 2.45. The van der Waals surface area contributed by atoms with E-state index in [0.717, 1.165) is 61.6 Å². The first-order valence-corrected chi connectivity index (χ1v) is 19.2. The average molecular weight is 696 g/mol. The fourth-order valence-corrected chi connectivity index (χ4v) is 7.59. The third kappa shape index (κ3) is 6.28. The van der Waals surface area contributed by atoms with Crippen LogP contribution in [0.25, 0.3) is 78.0 Å². The predicted molar refractivity (Wildman–Crippen MR) is 227 cm³/mol. The number of H-pyrrole nitrogens is 1. The molecule has 8 bridgehead atoms. The molecule has 7 aromatic rings. The van der Waals surface area contributed by atoms with Gasteiger partial charge in [0.05, 0.1) is 33.8 Å². The second-order valence-electron chi connectivity index (χ2n) is 19.4. The third-order valence-electron chi connectivity index (χ3n) is 11.1. The van der Waals surface area contributed by atoms with Crippen molar-refractivity contribution in [3.05, 3.63) is 119 Å². The number of pyridine rings is 2. The van der Waals surface area contributed by atoms with E-state index in [-0.39, 0.29) is 21.7 Å². The molecule has 0 saturated heterocycles. The fourth-order valence-electron chi connectivity index (χ4n) is 7.59. The lowest BCUT2D eigenvalue weighted by Gasteiger charge is -2.24. The van der Waals surface area contributed by atoms with Gasteiger partial charge in [0.1, 0.15) is 0 Å². The summed E-state index contributed by atoms with van der Waals surface area (Å²) in [5.41, 5.74) is 17.7. The molecule has 0 atom stereocenters. The number of nitrogens with one attached hydrogen (secondary N) is 1. The maximum absolute atomic E-state index is 5.59. The zero-order valence-corrected chi connectivity index (χ0v) is 33.6. The van der Waals surface area contributed by atoms with Gasteiger partial charge in [-0.15, -0.1) is 0 Å². The normalized spacial score (nSPS) is 13.3. The largest absolute Gasteiger partial charge is 0.353 e. The topological polar surface area (TPSA) is 41.6 Å². The van der Waals surface area contributed by atoms with Crippen LogP contribution >= 0.6 is 0 Å². The van der Waals surface area contributed by atoms with Gasteiger partial charge >= 0.3 is 0 Å². The van der Waals surface area contributed by atoms with Crippen molar-refractivity contribution >= 4 is 21.8 Å². The van der Waals surface area contributed by atoms with E-state index in [4.69, 9.17) is 9.97 Å². The maximum Gasteiger partial charge on any atom is 0.0736 e. The Morgan fingerprint density at radius 1 is 0.358 bits per heavy atom. The van der Waals surface area contributed by atoms with Gasteiger partial charge in [0.2, 0.25) is 0 Å². The van der Waals surface area contributed by atoms with E-state index in [1.807, 2.05) is 0 Å². The third-order valence-corrected chi connectivity index (χ3v) is 11.1. The van der Waals surface area contributed by atoms with Gasteiger partial charge in [0.15, 0.2) is 0 Å². The molecule has 1 aliphatic rings. The van der Waals surface area contributed by atoms with Gasteiger partial charge in [-0.3, -0.25) is 0 Å². The summed E-state index contributed by atoms with van der Waals surface area (Å²) in [6, 6.07) is 36.5. The van der Waals surface area contributed by atoms with Gasteiger partial charge in [0, 0.05) is 33.0 Å². The number of rotatable bonds is 1. The molecule has 0 radical (unpaired) electrons. The number of benzene rings is 4. The van der Waals surface area contributed by atoms with Gasteiger partial charge < -0.3 is 4.98 Å². The minimum atomic E-state index is -0.0845. The summed E-state index contributed by atoms with van der Waals surface area (Å²) >= 11 is 0. The Morgan fingerprint density at radius 2 is 0.755 bits per heavy atom. The van der Waals surface area contributed by atoms with E-state index in [9.17, 15) is 0 Å². The number of fused-ring (bicyclic) bond motifs is 11. The summed E-state index contributed by atoms with van der Waals surface area (Å²) < 4.78 is 0. The van der Waals surface area contributed by atoms with E-state index >= 15 is 0 Å². The Kier molecular flexibility index (Phi) is 7.76. The lowest BCUT2D eigenvalue weighted by molar-refractivity contribution is 0.588. The molecular weight excluding hydrogens is 643 g/mol. The molecule has 4 heterocycles. The highest BCUT2D eigenvalue weighted by molar-refractivity contribution is 6.16. The minimum Gasteiger partial charge on any atom is -0.353 e. The van der Waals surface area contributed by atoms with Crippen LogP contribution in [-0.4, -0.2) is 15.0 Å². The van der Waals surface area contributed by atoms with E-state index in [1.54, 1.807) is 0 Å². The number of aromatic nitrogens is 3. The second kappa shape index (κ2) is 11.7. The highest BCUT2D eigenvalue weighted by Crippen LogP contribution is 2.45. The molecule has 0 unspecified atom stereocenters. The van der Waals surface area contributed by atoms with E-state index < -0.39 is 0 Å². The summed E-state index contributed by atoms with van der Waals surface area (Å²) in [6.45, 7) is 27.7. The SMILES string of the molecule is CC(C)(C)c1cc2cc(c1)-c1cc(C(C)(C)C)cc(n1)-c1cc(C(C)(C)C)cc3c1[nH]c1c(cc(C(C)(C)C)cc13)-c1cc(-c3ccccc3)cc-2n1. The molecule has 0 amide bonds. The minimum absolute atomic E-state index is 0.0687. The Bertz CT molecular complexity index is 2570. The van der Waals surface area contributed by atoms with Crippen molar-refractivity contribution < 1.29 is 0 Å². The van der Waals surface area contributed by atoms with Crippen LogP contribution in [0.2, 0.25) is 0 Å². The number of aromatic amines is 1. The number of hydrogen-bond acceptors (Lipinski definition) is 2. The monoisotopic (exact) mass is 695 g/mol. The number of hydrogen-bond donors (Lipinski definition) is 1. The Hall–Kier alpha value is -5.02. The standard InChI is InChI=1S/C50H53N3/c1-47(2,3)33-19-31-18-32(20-33)42-27-36(50(10,11)12)28-44(52-42)40-26-35(49(7,8)9)24-38-37-23-34(48(4,5)6)25-39(45(37)53-46(38)40)43-22-30(21-41(31)51-43)29-16-14-13-15-17-29/h13-28,53H,1-12H3. The predicted octanol–water partition coefficient (Wildman–Crippen LogP) is 13.9. The summed E-state index contributed by atoms with van der Waals surface area (Å²) in [6.07, 6.45) is 0. The van der Waals surface area contributed by atoms with Gasteiger partial charge in [-0.25, -0.2) is 9.97 Å². The number of nitrogens with zero attached hydrogens (tertiary/aromatic N) is 2. The van der Waals surface area contributed by atoms with Crippen LogP contribution in [0, 0.1) is 0 Å². The molecule has 3 nitrogen and oxygen atoms in total. The van der Waals surface area contributed by atoms with Gasteiger partial charge in [0.25, 0.3) is 0 Å². The van der Waals surface area contributed by atoms with Crippen molar-refractivity contribution in [3.8, 4) is 56.2 Å². The fraction of sp³-hybridized carbons (Fsp3) is 0.320. The van der Waals surface area contributed by atoms with Gasteiger partial charge in [-0.1, -0.05) is 113 Å². The quantitative estimate of drug-likeness (QED) is 0.186. The lowest BCUT2D eigenvalue weighted by atomic mass is 9.82. The molecule has 3 aromatic heterocycles. The Labute approximate surface area is 316 Å². The maximum atomic E-state index is 5.59. The van der Waals surface area contributed by atoms with Crippen LogP contribution in [0.3, 0.4) is 0 Å². The van der Waals surface area contributed by atoms with Crippen LogP contribution in [0.1, 0.15) is 105 Å². The Balaban J connectivity index is 1.63. The molecule has 0 spiro atoms. The molecule has 0 fully saturated rings. The lowest BCUT2D eigenvalue weighted by Crippen LogP contribution is -2.13.